The van der Waals surface area contributed by atoms with Crippen LogP contribution in [0.2, 0.25) is 10.0 Å². The standard InChI is InChI=1S/C23H17Cl2FN2O3/c1-13-7-17(30-2)4-5-19(13)23(29)28-12-15-3-6-20(25)22(21(15)26)31-18-9-14(11-27)8-16(24)10-18/h3-10H,12H2,1-2H3,(H,28,29). The van der Waals surface area contributed by atoms with Crippen molar-refractivity contribution in [3.8, 4) is 23.3 Å². The second kappa shape index (κ2) is 9.69. The van der Waals surface area contributed by atoms with Crippen LogP contribution >= 0.6 is 23.2 Å². The Morgan fingerprint density at radius 2 is 1.90 bits per heavy atom. The van der Waals surface area contributed by atoms with Crippen molar-refractivity contribution in [2.24, 2.45) is 0 Å². The molecule has 0 aliphatic rings. The second-order valence-electron chi connectivity index (χ2n) is 6.60. The van der Waals surface area contributed by atoms with Crippen LogP contribution in [0.25, 0.3) is 0 Å². The number of hydrogen-bond acceptors (Lipinski definition) is 4. The summed E-state index contributed by atoms with van der Waals surface area (Å²) in [4.78, 5) is 12.5. The number of amides is 1. The zero-order valence-electron chi connectivity index (χ0n) is 16.6. The predicted octanol–water partition coefficient (Wildman–Crippen LogP) is 6.04. The molecule has 3 aromatic carbocycles. The van der Waals surface area contributed by atoms with Gasteiger partial charge in [-0.3, -0.25) is 4.79 Å². The fraction of sp³-hybridized carbons (Fsp3) is 0.130. The topological polar surface area (TPSA) is 71.3 Å². The summed E-state index contributed by atoms with van der Waals surface area (Å²) in [5.74, 6) is -0.497. The van der Waals surface area contributed by atoms with Gasteiger partial charge in [-0.05, 0) is 55.0 Å². The van der Waals surface area contributed by atoms with Gasteiger partial charge in [0.15, 0.2) is 11.6 Å². The number of nitrogens with one attached hydrogen (secondary N) is 1. The molecule has 0 fully saturated rings. The molecule has 5 nitrogen and oxygen atoms in total. The Labute approximate surface area is 188 Å². The van der Waals surface area contributed by atoms with Crippen molar-refractivity contribution in [3.05, 3.63) is 86.6 Å². The van der Waals surface area contributed by atoms with Crippen LogP contribution in [0.1, 0.15) is 27.0 Å². The van der Waals surface area contributed by atoms with E-state index in [1.54, 1.807) is 32.2 Å². The van der Waals surface area contributed by atoms with Crippen molar-refractivity contribution < 1.29 is 18.7 Å². The third-order valence-electron chi connectivity index (χ3n) is 4.47. The Morgan fingerprint density at radius 3 is 2.58 bits per heavy atom. The van der Waals surface area contributed by atoms with Gasteiger partial charge in [-0.2, -0.15) is 5.26 Å². The molecule has 0 heterocycles. The fourth-order valence-corrected chi connectivity index (χ4v) is 3.31. The molecule has 3 aromatic rings. The lowest BCUT2D eigenvalue weighted by Crippen LogP contribution is -2.24. The summed E-state index contributed by atoms with van der Waals surface area (Å²) < 4.78 is 25.8. The molecular weight excluding hydrogens is 442 g/mol. The van der Waals surface area contributed by atoms with Crippen LogP contribution in [0, 0.1) is 24.1 Å². The molecule has 1 N–H and O–H groups in total. The summed E-state index contributed by atoms with van der Waals surface area (Å²) in [5.41, 5.74) is 1.63. The Morgan fingerprint density at radius 1 is 1.13 bits per heavy atom. The van der Waals surface area contributed by atoms with Gasteiger partial charge in [0.1, 0.15) is 11.5 Å². The second-order valence-corrected chi connectivity index (χ2v) is 7.45. The molecule has 0 unspecified atom stereocenters. The largest absolute Gasteiger partial charge is 0.497 e. The van der Waals surface area contributed by atoms with E-state index in [2.05, 4.69) is 5.32 Å². The van der Waals surface area contributed by atoms with Crippen LogP contribution in [-0.2, 0) is 6.54 Å². The van der Waals surface area contributed by atoms with E-state index in [4.69, 9.17) is 37.9 Å². The van der Waals surface area contributed by atoms with Gasteiger partial charge < -0.3 is 14.8 Å². The first kappa shape index (κ1) is 22.4. The lowest BCUT2D eigenvalue weighted by atomic mass is 10.1. The third-order valence-corrected chi connectivity index (χ3v) is 4.98. The van der Waals surface area contributed by atoms with Gasteiger partial charge in [0.05, 0.1) is 23.8 Å². The third kappa shape index (κ3) is 5.26. The van der Waals surface area contributed by atoms with Gasteiger partial charge in [0.25, 0.3) is 5.91 Å². The van der Waals surface area contributed by atoms with Crippen LogP contribution in [-0.4, -0.2) is 13.0 Å². The van der Waals surface area contributed by atoms with Crippen LogP contribution in [0.3, 0.4) is 0 Å². The monoisotopic (exact) mass is 458 g/mol. The highest BCUT2D eigenvalue weighted by atomic mass is 35.5. The summed E-state index contributed by atoms with van der Waals surface area (Å²) >= 11 is 12.1. The Hall–Kier alpha value is -3.27. The normalized spacial score (nSPS) is 10.3. The first-order valence-electron chi connectivity index (χ1n) is 9.10. The van der Waals surface area contributed by atoms with Gasteiger partial charge in [0.2, 0.25) is 0 Å². The Balaban J connectivity index is 1.80. The maximum absolute atomic E-state index is 15.1. The maximum Gasteiger partial charge on any atom is 0.251 e. The number of ether oxygens (including phenoxy) is 2. The van der Waals surface area contributed by atoms with Gasteiger partial charge in [-0.15, -0.1) is 0 Å². The van der Waals surface area contributed by atoms with Crippen molar-refractivity contribution >= 4 is 29.1 Å². The van der Waals surface area contributed by atoms with E-state index < -0.39 is 5.82 Å². The quantitative estimate of drug-likeness (QED) is 0.488. The predicted molar refractivity (Wildman–Crippen MR) is 117 cm³/mol. The highest BCUT2D eigenvalue weighted by Gasteiger charge is 2.17. The minimum absolute atomic E-state index is 0.0389. The lowest BCUT2D eigenvalue weighted by Gasteiger charge is -2.13. The molecule has 0 aliphatic carbocycles. The summed E-state index contributed by atoms with van der Waals surface area (Å²) in [7, 11) is 1.54. The summed E-state index contributed by atoms with van der Waals surface area (Å²) in [6.07, 6.45) is 0. The van der Waals surface area contributed by atoms with E-state index in [1.807, 2.05) is 6.07 Å². The zero-order valence-corrected chi connectivity index (χ0v) is 18.1. The molecule has 0 spiro atoms. The molecule has 0 radical (unpaired) electrons. The average Bonchev–Trinajstić information content (AvgIpc) is 2.75. The van der Waals surface area contributed by atoms with Crippen molar-refractivity contribution in [2.45, 2.75) is 13.5 Å². The van der Waals surface area contributed by atoms with Crippen LogP contribution < -0.4 is 14.8 Å². The van der Waals surface area contributed by atoms with E-state index in [9.17, 15) is 4.79 Å². The number of methoxy groups -OCH3 is 1. The summed E-state index contributed by atoms with van der Waals surface area (Å²) in [6.45, 7) is 1.70. The van der Waals surface area contributed by atoms with Gasteiger partial charge in [0, 0.05) is 22.7 Å². The molecule has 0 aromatic heterocycles. The fourth-order valence-electron chi connectivity index (χ4n) is 2.90. The van der Waals surface area contributed by atoms with E-state index in [0.717, 1.165) is 5.56 Å². The average molecular weight is 459 g/mol. The van der Waals surface area contributed by atoms with E-state index >= 15 is 4.39 Å². The van der Waals surface area contributed by atoms with Gasteiger partial charge in [-0.25, -0.2) is 4.39 Å². The number of carbonyl (C=O) groups excluding carboxylic acids is 1. The summed E-state index contributed by atoms with van der Waals surface area (Å²) in [6, 6.07) is 14.3. The van der Waals surface area contributed by atoms with Crippen molar-refractivity contribution in [3.63, 3.8) is 0 Å². The molecule has 1 amide bonds. The molecule has 0 aliphatic heterocycles. The number of benzene rings is 3. The van der Waals surface area contributed by atoms with E-state index in [0.29, 0.717) is 11.3 Å². The number of nitrogens with zero attached hydrogens (tertiary/aromatic N) is 1. The van der Waals surface area contributed by atoms with E-state index in [1.165, 1.54) is 30.3 Å². The molecule has 8 heteroatoms. The smallest absolute Gasteiger partial charge is 0.251 e. The van der Waals surface area contributed by atoms with Gasteiger partial charge >= 0.3 is 0 Å². The van der Waals surface area contributed by atoms with Gasteiger partial charge in [-0.1, -0.05) is 29.3 Å². The first-order chi connectivity index (χ1) is 14.8. The number of rotatable bonds is 6. The van der Waals surface area contributed by atoms with Crippen LogP contribution in [0.5, 0.6) is 17.2 Å². The number of hydrogen-bond donors (Lipinski definition) is 1. The van der Waals surface area contributed by atoms with Crippen LogP contribution in [0.4, 0.5) is 4.39 Å². The highest BCUT2D eigenvalue weighted by molar-refractivity contribution is 6.32. The zero-order chi connectivity index (χ0) is 22.5. The molecule has 0 bridgehead atoms. The highest BCUT2D eigenvalue weighted by Crippen LogP contribution is 2.35. The molecule has 3 rings (SSSR count). The molecular formula is C23H17Cl2FN2O3. The van der Waals surface area contributed by atoms with Crippen LogP contribution in [0.15, 0.2) is 48.5 Å². The molecule has 0 atom stereocenters. The van der Waals surface area contributed by atoms with Crippen molar-refractivity contribution in [2.75, 3.05) is 7.11 Å². The molecule has 158 valence electrons. The molecule has 0 saturated carbocycles. The van der Waals surface area contributed by atoms with Crippen molar-refractivity contribution in [1.29, 1.82) is 5.26 Å². The number of aryl methyl sites for hydroxylation is 1. The number of carbonyl (C=O) groups is 1. The van der Waals surface area contributed by atoms with Crippen molar-refractivity contribution in [1.82, 2.24) is 5.32 Å². The van der Waals surface area contributed by atoms with E-state index in [-0.39, 0.29) is 45.1 Å². The Kier molecular flexibility index (Phi) is 7.01. The summed E-state index contributed by atoms with van der Waals surface area (Å²) in [5, 5.41) is 12.1. The number of nitriles is 1. The SMILES string of the molecule is COc1ccc(C(=O)NCc2ccc(Cl)c(Oc3cc(Cl)cc(C#N)c3)c2F)c(C)c1. The lowest BCUT2D eigenvalue weighted by molar-refractivity contribution is 0.0950. The minimum Gasteiger partial charge on any atom is -0.497 e. The minimum atomic E-state index is -0.724. The maximum atomic E-state index is 15.1. The first-order valence-corrected chi connectivity index (χ1v) is 9.86. The Bertz CT molecular complexity index is 1190. The molecule has 0 saturated heterocycles. The molecule has 31 heavy (non-hydrogen) atoms. The number of halogens is 3.